The van der Waals surface area contributed by atoms with Gasteiger partial charge in [-0.2, -0.15) is 0 Å². The number of aryl methyl sites for hydroxylation is 1. The number of carbonyl (C=O) groups excluding carboxylic acids is 3. The van der Waals surface area contributed by atoms with Crippen molar-refractivity contribution in [3.63, 3.8) is 0 Å². The number of anilines is 1. The minimum absolute atomic E-state index is 0.126. The van der Waals surface area contributed by atoms with Gasteiger partial charge in [0.25, 0.3) is 11.8 Å². The number of imide groups is 1. The number of rotatable bonds is 7. The molecule has 5 rings (SSSR count). The zero-order valence-corrected chi connectivity index (χ0v) is 22.8. The SMILES string of the molecule is [C-]#[N+]c1c(N2C(=O)c3ccc(C(=O)OCCN4CCN(C)CC4)cc3C2=O)sc(C)c1-c1ccc(OC)cc1. The molecule has 0 atom stereocenters. The predicted molar refractivity (Wildman–Crippen MR) is 149 cm³/mol. The molecular weight excluding hydrogens is 516 g/mol. The molecule has 0 saturated carbocycles. The van der Waals surface area contributed by atoms with Gasteiger partial charge in [0.15, 0.2) is 0 Å². The van der Waals surface area contributed by atoms with E-state index in [0.29, 0.717) is 17.9 Å². The number of likely N-dealkylation sites (N-methyl/N-ethyl adjacent to an activating group) is 1. The molecule has 2 aliphatic heterocycles. The number of esters is 1. The van der Waals surface area contributed by atoms with Crippen molar-refractivity contribution in [3.05, 3.63) is 75.4 Å². The van der Waals surface area contributed by atoms with Gasteiger partial charge in [0.1, 0.15) is 17.4 Å². The number of piperazine rings is 1. The second-order valence-corrected chi connectivity index (χ2v) is 10.7. The largest absolute Gasteiger partial charge is 0.497 e. The molecular formula is C29H28N4O5S. The molecule has 1 fully saturated rings. The van der Waals surface area contributed by atoms with E-state index in [-0.39, 0.29) is 34.0 Å². The Hall–Kier alpha value is -4.04. The quantitative estimate of drug-likeness (QED) is 0.246. The number of hydrogen-bond donors (Lipinski definition) is 0. The Labute approximate surface area is 231 Å². The molecule has 39 heavy (non-hydrogen) atoms. The molecule has 2 amide bonds. The molecule has 1 saturated heterocycles. The lowest BCUT2D eigenvalue weighted by Crippen LogP contribution is -2.45. The van der Waals surface area contributed by atoms with Gasteiger partial charge in [-0.1, -0.05) is 12.1 Å². The molecule has 1 aromatic heterocycles. The van der Waals surface area contributed by atoms with Crippen LogP contribution in [0.4, 0.5) is 10.7 Å². The van der Waals surface area contributed by atoms with Crippen molar-refractivity contribution in [1.29, 1.82) is 0 Å². The van der Waals surface area contributed by atoms with Gasteiger partial charge in [0.05, 0.1) is 30.4 Å². The Bertz CT molecular complexity index is 1480. The van der Waals surface area contributed by atoms with E-state index in [1.165, 1.54) is 29.5 Å². The predicted octanol–water partition coefficient (Wildman–Crippen LogP) is 4.49. The number of methoxy groups -OCH3 is 1. The van der Waals surface area contributed by atoms with Crippen LogP contribution in [0.2, 0.25) is 0 Å². The highest BCUT2D eigenvalue weighted by atomic mass is 32.1. The topological polar surface area (TPSA) is 83.8 Å². The Morgan fingerprint density at radius 2 is 1.72 bits per heavy atom. The molecule has 0 radical (unpaired) electrons. The number of fused-ring (bicyclic) bond motifs is 1. The fourth-order valence-electron chi connectivity index (χ4n) is 4.85. The Morgan fingerprint density at radius 1 is 1.03 bits per heavy atom. The minimum Gasteiger partial charge on any atom is -0.497 e. The Kier molecular flexibility index (Phi) is 7.48. The third-order valence-corrected chi connectivity index (χ3v) is 8.17. The maximum absolute atomic E-state index is 13.5. The Balaban J connectivity index is 1.35. The van der Waals surface area contributed by atoms with E-state index >= 15 is 0 Å². The van der Waals surface area contributed by atoms with E-state index in [0.717, 1.165) is 41.5 Å². The summed E-state index contributed by atoms with van der Waals surface area (Å²) >= 11 is 1.22. The van der Waals surface area contributed by atoms with Gasteiger partial charge < -0.3 is 14.4 Å². The summed E-state index contributed by atoms with van der Waals surface area (Å²) in [6.07, 6.45) is 0. The number of ether oxygens (including phenoxy) is 2. The van der Waals surface area contributed by atoms with Crippen molar-refractivity contribution < 1.29 is 23.9 Å². The summed E-state index contributed by atoms with van der Waals surface area (Å²) in [5.74, 6) is -0.932. The fourth-order valence-corrected chi connectivity index (χ4v) is 5.95. The Morgan fingerprint density at radius 3 is 2.38 bits per heavy atom. The molecule has 0 spiro atoms. The summed E-state index contributed by atoms with van der Waals surface area (Å²) in [6.45, 7) is 14.4. The number of benzene rings is 2. The van der Waals surface area contributed by atoms with Gasteiger partial charge in [0.2, 0.25) is 5.69 Å². The molecule has 0 aliphatic carbocycles. The molecule has 0 N–H and O–H groups in total. The third kappa shape index (κ3) is 5.04. The van der Waals surface area contributed by atoms with Gasteiger partial charge in [-0.15, -0.1) is 11.3 Å². The van der Waals surface area contributed by atoms with Crippen LogP contribution in [-0.4, -0.2) is 81.1 Å². The van der Waals surface area contributed by atoms with Crippen LogP contribution in [0, 0.1) is 13.5 Å². The second kappa shape index (κ2) is 11.0. The van der Waals surface area contributed by atoms with E-state index in [1.807, 2.05) is 19.1 Å². The van der Waals surface area contributed by atoms with E-state index < -0.39 is 17.8 Å². The molecule has 10 heteroatoms. The molecule has 0 unspecified atom stereocenters. The first-order chi connectivity index (χ1) is 18.8. The number of hydrogen-bond acceptors (Lipinski definition) is 8. The van der Waals surface area contributed by atoms with Crippen molar-refractivity contribution in [1.82, 2.24) is 9.80 Å². The molecule has 0 bridgehead atoms. The van der Waals surface area contributed by atoms with Gasteiger partial charge in [0, 0.05) is 38.3 Å². The number of carbonyl (C=O) groups is 3. The second-order valence-electron chi connectivity index (χ2n) is 9.51. The zero-order valence-electron chi connectivity index (χ0n) is 22.0. The van der Waals surface area contributed by atoms with Crippen LogP contribution < -0.4 is 9.64 Å². The fraction of sp³-hybridized carbons (Fsp3) is 0.310. The summed E-state index contributed by atoms with van der Waals surface area (Å²) in [5, 5.41) is 0.274. The summed E-state index contributed by atoms with van der Waals surface area (Å²) in [6, 6.07) is 11.7. The van der Waals surface area contributed by atoms with Gasteiger partial charge in [-0.05, 0) is 54.7 Å². The normalized spacial score (nSPS) is 15.8. The average Bonchev–Trinajstić information content (AvgIpc) is 3.41. The van der Waals surface area contributed by atoms with Crippen LogP contribution >= 0.6 is 11.3 Å². The smallest absolute Gasteiger partial charge is 0.338 e. The highest BCUT2D eigenvalue weighted by Crippen LogP contribution is 2.49. The van der Waals surface area contributed by atoms with Gasteiger partial charge >= 0.3 is 5.97 Å². The maximum atomic E-state index is 13.5. The highest BCUT2D eigenvalue weighted by molar-refractivity contribution is 7.18. The lowest BCUT2D eigenvalue weighted by Gasteiger charge is -2.32. The summed E-state index contributed by atoms with van der Waals surface area (Å²) < 4.78 is 10.7. The number of amides is 2. The molecule has 3 aromatic rings. The van der Waals surface area contributed by atoms with E-state index in [4.69, 9.17) is 16.0 Å². The third-order valence-electron chi connectivity index (χ3n) is 7.09. The number of thiophene rings is 1. The van der Waals surface area contributed by atoms with Crippen molar-refractivity contribution >= 4 is 39.8 Å². The van der Waals surface area contributed by atoms with Crippen LogP contribution in [0.5, 0.6) is 5.75 Å². The average molecular weight is 545 g/mol. The minimum atomic E-state index is -0.561. The van der Waals surface area contributed by atoms with Gasteiger partial charge in [-0.25, -0.2) is 14.5 Å². The lowest BCUT2D eigenvalue weighted by atomic mass is 10.0. The summed E-state index contributed by atoms with van der Waals surface area (Å²) in [5.41, 5.74) is 2.24. The number of nitrogens with zero attached hydrogens (tertiary/aromatic N) is 4. The zero-order chi connectivity index (χ0) is 27.7. The molecule has 200 valence electrons. The summed E-state index contributed by atoms with van der Waals surface area (Å²) in [7, 11) is 3.66. The standard InChI is InChI=1S/C29H28N4O5S/c1-18-24(19-5-8-21(37-4)9-6-19)25(30-2)28(39-18)33-26(34)22-10-7-20(17-23(22)27(33)35)29(36)38-16-15-32-13-11-31(3)12-14-32/h5-10,17H,11-16H2,1,3-4H3. The lowest BCUT2D eigenvalue weighted by molar-refractivity contribution is 0.0432. The highest BCUT2D eigenvalue weighted by Gasteiger charge is 2.40. The van der Waals surface area contributed by atoms with Crippen molar-refractivity contribution in [2.24, 2.45) is 0 Å². The van der Waals surface area contributed by atoms with Gasteiger partial charge in [-0.3, -0.25) is 14.5 Å². The molecule has 9 nitrogen and oxygen atoms in total. The first kappa shape index (κ1) is 26.6. The van der Waals surface area contributed by atoms with Crippen LogP contribution in [0.3, 0.4) is 0 Å². The van der Waals surface area contributed by atoms with E-state index in [1.54, 1.807) is 19.2 Å². The van der Waals surface area contributed by atoms with Crippen molar-refractivity contribution in [2.75, 3.05) is 58.4 Å². The van der Waals surface area contributed by atoms with Crippen LogP contribution in [0.1, 0.15) is 36.0 Å². The first-order valence-corrected chi connectivity index (χ1v) is 13.4. The van der Waals surface area contributed by atoms with E-state index in [9.17, 15) is 14.4 Å². The molecule has 3 heterocycles. The first-order valence-electron chi connectivity index (χ1n) is 12.6. The van der Waals surface area contributed by atoms with Crippen molar-refractivity contribution in [3.8, 4) is 16.9 Å². The van der Waals surface area contributed by atoms with Crippen LogP contribution in [0.25, 0.3) is 16.0 Å². The molecule has 2 aliphatic rings. The maximum Gasteiger partial charge on any atom is 0.338 e. The summed E-state index contributed by atoms with van der Waals surface area (Å²) in [4.78, 5) is 49.6. The van der Waals surface area contributed by atoms with Crippen molar-refractivity contribution in [2.45, 2.75) is 6.92 Å². The molecule has 2 aromatic carbocycles. The van der Waals surface area contributed by atoms with Crippen LogP contribution in [-0.2, 0) is 4.74 Å². The van der Waals surface area contributed by atoms with E-state index in [2.05, 4.69) is 21.7 Å². The monoisotopic (exact) mass is 544 g/mol. The van der Waals surface area contributed by atoms with Crippen LogP contribution in [0.15, 0.2) is 42.5 Å².